The number of halogens is 1. The van der Waals surface area contributed by atoms with Gasteiger partial charge in [-0.05, 0) is 43.7 Å². The smallest absolute Gasteiger partial charge is 0.269 e. The van der Waals surface area contributed by atoms with E-state index < -0.39 is 20.9 Å². The molecule has 0 radical (unpaired) electrons. The molecule has 2 atom stereocenters. The lowest BCUT2D eigenvalue weighted by atomic mass is 9.98. The fourth-order valence-corrected chi connectivity index (χ4v) is 4.96. The Labute approximate surface area is 170 Å². The topological polar surface area (TPSA) is 136 Å². The van der Waals surface area contributed by atoms with Gasteiger partial charge in [-0.1, -0.05) is 0 Å². The highest BCUT2D eigenvalue weighted by Gasteiger charge is 2.36. The van der Waals surface area contributed by atoms with Gasteiger partial charge in [-0.25, -0.2) is 8.42 Å². The molecule has 1 aliphatic carbocycles. The van der Waals surface area contributed by atoms with Crippen LogP contribution in [-0.2, 0) is 14.8 Å². The van der Waals surface area contributed by atoms with E-state index in [4.69, 9.17) is 5.73 Å². The molecule has 1 saturated heterocycles. The van der Waals surface area contributed by atoms with E-state index in [0.29, 0.717) is 31.8 Å². The largest absolute Gasteiger partial charge is 0.352 e. The maximum atomic E-state index is 12.8. The van der Waals surface area contributed by atoms with Gasteiger partial charge in [0.1, 0.15) is 0 Å². The Morgan fingerprint density at radius 3 is 2.46 bits per heavy atom. The maximum Gasteiger partial charge on any atom is 0.269 e. The second-order valence-corrected chi connectivity index (χ2v) is 9.08. The number of rotatable bonds is 7. The van der Waals surface area contributed by atoms with Crippen LogP contribution in [0.25, 0.3) is 0 Å². The van der Waals surface area contributed by atoms with Gasteiger partial charge in [0.05, 0.1) is 15.7 Å². The minimum Gasteiger partial charge on any atom is -0.352 e. The van der Waals surface area contributed by atoms with Crippen LogP contribution >= 0.6 is 12.4 Å². The van der Waals surface area contributed by atoms with Gasteiger partial charge in [-0.15, -0.1) is 12.4 Å². The minimum atomic E-state index is -3.80. The molecule has 1 saturated carbocycles. The van der Waals surface area contributed by atoms with Gasteiger partial charge < -0.3 is 11.1 Å². The van der Waals surface area contributed by atoms with E-state index in [0.717, 1.165) is 12.8 Å². The highest BCUT2D eigenvalue weighted by atomic mass is 35.5. The first-order chi connectivity index (χ1) is 12.8. The normalized spacial score (nSPS) is 21.4. The summed E-state index contributed by atoms with van der Waals surface area (Å²) >= 11 is 0. The molecule has 2 unspecified atom stereocenters. The van der Waals surface area contributed by atoms with Crippen molar-refractivity contribution < 1.29 is 18.1 Å². The number of hydrogen-bond donors (Lipinski definition) is 2. The Morgan fingerprint density at radius 1 is 1.29 bits per heavy atom. The molecule has 9 nitrogen and oxygen atoms in total. The van der Waals surface area contributed by atoms with Crippen molar-refractivity contribution in [2.24, 2.45) is 17.6 Å². The molecule has 2 fully saturated rings. The minimum absolute atomic E-state index is 0. The predicted octanol–water partition coefficient (Wildman–Crippen LogP) is 1.27. The third-order valence-electron chi connectivity index (χ3n) is 5.21. The molecule has 1 aromatic carbocycles. The van der Waals surface area contributed by atoms with E-state index in [9.17, 15) is 23.3 Å². The fraction of sp³-hybridized carbons (Fsp3) is 0.588. The highest BCUT2D eigenvalue weighted by Crippen LogP contribution is 2.32. The molecule has 0 bridgehead atoms. The number of nitro groups is 1. The summed E-state index contributed by atoms with van der Waals surface area (Å²) in [6, 6.07) is 4.76. The summed E-state index contributed by atoms with van der Waals surface area (Å²) in [5.41, 5.74) is 5.56. The quantitative estimate of drug-likeness (QED) is 0.492. The summed E-state index contributed by atoms with van der Waals surface area (Å²) in [7, 11) is -3.80. The van der Waals surface area contributed by atoms with Gasteiger partial charge in [0, 0.05) is 37.8 Å². The summed E-state index contributed by atoms with van der Waals surface area (Å²) in [6.07, 6.45) is 3.34. The van der Waals surface area contributed by atoms with Crippen LogP contribution in [0.4, 0.5) is 5.69 Å². The van der Waals surface area contributed by atoms with Crippen LogP contribution in [-0.4, -0.2) is 49.2 Å². The molecule has 11 heteroatoms. The number of carbonyl (C=O) groups excluding carboxylic acids is 1. The summed E-state index contributed by atoms with van der Waals surface area (Å²) in [6.45, 7) is 0.813. The Kier molecular flexibility index (Phi) is 7.38. The first-order valence-electron chi connectivity index (χ1n) is 9.08. The van der Waals surface area contributed by atoms with Crippen molar-refractivity contribution in [1.29, 1.82) is 0 Å². The van der Waals surface area contributed by atoms with Crippen molar-refractivity contribution >= 4 is 34.0 Å². The van der Waals surface area contributed by atoms with E-state index in [1.165, 1.54) is 28.6 Å². The number of nitrogens with zero attached hydrogens (tertiary/aromatic N) is 2. The van der Waals surface area contributed by atoms with Crippen molar-refractivity contribution in [3.05, 3.63) is 34.4 Å². The summed E-state index contributed by atoms with van der Waals surface area (Å²) in [4.78, 5) is 22.7. The van der Waals surface area contributed by atoms with Gasteiger partial charge in [0.2, 0.25) is 15.9 Å². The number of benzene rings is 1. The standard InChI is InChI=1S/C17H24N4O5S.ClH/c18-10-16(12-3-4-12)19-17(22)13-2-1-9-20(11-13)27(25,26)15-7-5-14(6-8-15)21(23)24;/h5-8,12-13,16H,1-4,9-11,18H2,(H,19,22);1H. The van der Waals surface area contributed by atoms with Crippen LogP contribution in [0.3, 0.4) is 0 Å². The number of nitrogens with one attached hydrogen (secondary N) is 1. The molecule has 3 N–H and O–H groups in total. The van der Waals surface area contributed by atoms with Crippen LogP contribution in [0, 0.1) is 22.0 Å². The van der Waals surface area contributed by atoms with Crippen molar-refractivity contribution in [1.82, 2.24) is 9.62 Å². The molecule has 1 aromatic rings. The number of nitrogens with two attached hydrogens (primary N) is 1. The lowest BCUT2D eigenvalue weighted by Crippen LogP contribution is -2.49. The molecule has 0 aromatic heterocycles. The molecule has 1 amide bonds. The summed E-state index contributed by atoms with van der Waals surface area (Å²) < 4.78 is 27.0. The number of piperidine rings is 1. The van der Waals surface area contributed by atoms with E-state index in [-0.39, 0.29) is 41.5 Å². The van der Waals surface area contributed by atoms with Crippen LogP contribution in [0.5, 0.6) is 0 Å². The molecule has 2 aliphatic rings. The lowest BCUT2D eigenvalue weighted by molar-refractivity contribution is -0.384. The Bertz CT molecular complexity index is 813. The van der Waals surface area contributed by atoms with Gasteiger partial charge in [0.15, 0.2) is 0 Å². The molecule has 0 spiro atoms. The Morgan fingerprint density at radius 2 is 1.93 bits per heavy atom. The first kappa shape index (κ1) is 22.5. The van der Waals surface area contributed by atoms with E-state index in [1.807, 2.05) is 0 Å². The molecule has 1 heterocycles. The van der Waals surface area contributed by atoms with E-state index in [2.05, 4.69) is 5.32 Å². The van der Waals surface area contributed by atoms with E-state index in [1.54, 1.807) is 0 Å². The zero-order valence-corrected chi connectivity index (χ0v) is 17.0. The molecular formula is C17H25ClN4O5S. The van der Waals surface area contributed by atoms with Crippen molar-refractivity contribution in [3.8, 4) is 0 Å². The SMILES string of the molecule is Cl.NCC(NC(=O)C1CCCN(S(=O)(=O)c2ccc([N+](=O)[O-])cc2)C1)C1CC1. The third kappa shape index (κ3) is 4.99. The van der Waals surface area contributed by atoms with Crippen molar-refractivity contribution in [3.63, 3.8) is 0 Å². The fourth-order valence-electron chi connectivity index (χ4n) is 3.43. The third-order valence-corrected chi connectivity index (χ3v) is 7.09. The predicted molar refractivity (Wildman–Crippen MR) is 106 cm³/mol. The zero-order valence-electron chi connectivity index (χ0n) is 15.3. The van der Waals surface area contributed by atoms with E-state index >= 15 is 0 Å². The monoisotopic (exact) mass is 432 g/mol. The zero-order chi connectivity index (χ0) is 19.6. The summed E-state index contributed by atoms with van der Waals surface area (Å²) in [5, 5.41) is 13.7. The second kappa shape index (κ2) is 9.17. The average Bonchev–Trinajstić information content (AvgIpc) is 3.51. The number of hydrogen-bond acceptors (Lipinski definition) is 6. The van der Waals surface area contributed by atoms with Crippen LogP contribution < -0.4 is 11.1 Å². The Balaban J connectivity index is 0.00000280. The highest BCUT2D eigenvalue weighted by molar-refractivity contribution is 7.89. The second-order valence-electron chi connectivity index (χ2n) is 7.14. The summed E-state index contributed by atoms with van der Waals surface area (Å²) in [5.74, 6) is -0.136. The molecule has 28 heavy (non-hydrogen) atoms. The number of non-ortho nitro benzene ring substituents is 1. The first-order valence-corrected chi connectivity index (χ1v) is 10.5. The maximum absolute atomic E-state index is 12.8. The number of carbonyl (C=O) groups is 1. The van der Waals surface area contributed by atoms with Crippen molar-refractivity contribution in [2.75, 3.05) is 19.6 Å². The number of sulfonamides is 1. The number of nitro benzene ring substituents is 1. The van der Waals surface area contributed by atoms with Crippen molar-refractivity contribution in [2.45, 2.75) is 36.6 Å². The van der Waals surface area contributed by atoms with Gasteiger partial charge in [0.25, 0.3) is 5.69 Å². The Hall–Kier alpha value is -1.75. The van der Waals surface area contributed by atoms with Crippen LogP contribution in [0.2, 0.25) is 0 Å². The average molecular weight is 433 g/mol. The molecule has 3 rings (SSSR count). The molecular weight excluding hydrogens is 408 g/mol. The van der Waals surface area contributed by atoms with Crippen LogP contribution in [0.1, 0.15) is 25.7 Å². The number of amides is 1. The lowest BCUT2D eigenvalue weighted by Gasteiger charge is -2.32. The van der Waals surface area contributed by atoms with Crippen LogP contribution in [0.15, 0.2) is 29.2 Å². The molecule has 1 aliphatic heterocycles. The molecule has 156 valence electrons. The van der Waals surface area contributed by atoms with Gasteiger partial charge in [-0.3, -0.25) is 14.9 Å². The van der Waals surface area contributed by atoms with Gasteiger partial charge >= 0.3 is 0 Å². The van der Waals surface area contributed by atoms with Gasteiger partial charge in [-0.2, -0.15) is 4.31 Å².